The number of benzene rings is 1. The quantitative estimate of drug-likeness (QED) is 0.791. The number of pyridine rings is 1. The van der Waals surface area contributed by atoms with Gasteiger partial charge in [-0.3, -0.25) is 14.6 Å². The Hall–Kier alpha value is -2.89. The van der Waals surface area contributed by atoms with Crippen LogP contribution < -0.4 is 15.1 Å². The maximum Gasteiger partial charge on any atom is 0.240 e. The molecule has 0 aliphatic carbocycles. The maximum atomic E-state index is 12.2. The van der Waals surface area contributed by atoms with Gasteiger partial charge in [0, 0.05) is 37.6 Å². The number of hydrogen-bond acceptors (Lipinski definition) is 4. The van der Waals surface area contributed by atoms with Crippen LogP contribution in [0.2, 0.25) is 0 Å². The Morgan fingerprint density at radius 3 is 2.19 bits per heavy atom. The first kappa shape index (κ1) is 19.4. The largest absolute Gasteiger partial charge is 0.372 e. The van der Waals surface area contributed by atoms with E-state index in [0.717, 1.165) is 24.5 Å². The van der Waals surface area contributed by atoms with Gasteiger partial charge >= 0.3 is 0 Å². The third-order valence-electron chi connectivity index (χ3n) is 4.16. The van der Waals surface area contributed by atoms with Crippen LogP contribution in [0.4, 0.5) is 11.4 Å². The van der Waals surface area contributed by atoms with Crippen molar-refractivity contribution in [2.75, 3.05) is 29.4 Å². The lowest BCUT2D eigenvalue weighted by Crippen LogP contribution is -2.39. The smallest absolute Gasteiger partial charge is 0.240 e. The van der Waals surface area contributed by atoms with Crippen LogP contribution in [-0.4, -0.2) is 36.4 Å². The van der Waals surface area contributed by atoms with Gasteiger partial charge in [0.25, 0.3) is 0 Å². The molecule has 26 heavy (non-hydrogen) atoms. The lowest BCUT2D eigenvalue weighted by Gasteiger charge is -2.24. The van der Waals surface area contributed by atoms with Gasteiger partial charge in [-0.05, 0) is 50.2 Å². The van der Waals surface area contributed by atoms with Gasteiger partial charge in [-0.2, -0.15) is 0 Å². The lowest BCUT2D eigenvalue weighted by molar-refractivity contribution is -0.123. The minimum atomic E-state index is -0.223. The van der Waals surface area contributed by atoms with E-state index in [1.807, 2.05) is 42.5 Å². The first-order valence-electron chi connectivity index (χ1n) is 8.84. The van der Waals surface area contributed by atoms with Crippen molar-refractivity contribution < 1.29 is 9.59 Å². The highest BCUT2D eigenvalue weighted by Crippen LogP contribution is 2.21. The molecule has 0 bridgehead atoms. The molecule has 0 saturated heterocycles. The highest BCUT2D eigenvalue weighted by molar-refractivity contribution is 5.97. The van der Waals surface area contributed by atoms with E-state index in [4.69, 9.17) is 0 Å². The van der Waals surface area contributed by atoms with Crippen molar-refractivity contribution in [1.29, 1.82) is 0 Å². The van der Waals surface area contributed by atoms with Crippen LogP contribution >= 0.6 is 0 Å². The summed E-state index contributed by atoms with van der Waals surface area (Å²) in [5.41, 5.74) is 2.59. The van der Waals surface area contributed by atoms with Gasteiger partial charge in [-0.25, -0.2) is 0 Å². The molecule has 0 aliphatic rings. The molecule has 2 amide bonds. The van der Waals surface area contributed by atoms with Gasteiger partial charge in [0.2, 0.25) is 11.8 Å². The van der Waals surface area contributed by atoms with Crippen molar-refractivity contribution in [3.63, 3.8) is 0 Å². The molecule has 6 nitrogen and oxygen atoms in total. The Morgan fingerprint density at radius 1 is 1.00 bits per heavy atom. The van der Waals surface area contributed by atoms with E-state index in [0.29, 0.717) is 12.2 Å². The van der Waals surface area contributed by atoms with Gasteiger partial charge in [0.1, 0.15) is 6.54 Å². The van der Waals surface area contributed by atoms with E-state index < -0.39 is 0 Å². The summed E-state index contributed by atoms with van der Waals surface area (Å²) >= 11 is 0. The summed E-state index contributed by atoms with van der Waals surface area (Å²) in [6, 6.07) is 13.2. The van der Waals surface area contributed by atoms with Crippen LogP contribution in [0.5, 0.6) is 0 Å². The fourth-order valence-electron chi connectivity index (χ4n) is 2.71. The van der Waals surface area contributed by atoms with Crippen LogP contribution in [0, 0.1) is 0 Å². The van der Waals surface area contributed by atoms with Gasteiger partial charge in [-0.15, -0.1) is 0 Å². The van der Waals surface area contributed by atoms with Gasteiger partial charge in [-0.1, -0.05) is 6.07 Å². The van der Waals surface area contributed by atoms with Gasteiger partial charge < -0.3 is 15.1 Å². The third-order valence-corrected chi connectivity index (χ3v) is 4.16. The highest BCUT2D eigenvalue weighted by Gasteiger charge is 2.16. The minimum absolute atomic E-state index is 0.0210. The molecule has 1 aromatic heterocycles. The van der Waals surface area contributed by atoms with E-state index >= 15 is 0 Å². The minimum Gasteiger partial charge on any atom is -0.372 e. The molecule has 1 N–H and O–H groups in total. The van der Waals surface area contributed by atoms with Crippen molar-refractivity contribution in [1.82, 2.24) is 10.3 Å². The second-order valence-electron chi connectivity index (χ2n) is 5.89. The van der Waals surface area contributed by atoms with Crippen LogP contribution in [0.25, 0.3) is 0 Å². The Balaban J connectivity index is 2.01. The predicted octanol–water partition coefficient (Wildman–Crippen LogP) is 2.60. The molecule has 138 valence electrons. The summed E-state index contributed by atoms with van der Waals surface area (Å²) in [5, 5.41) is 2.80. The number of hydrogen-bond donors (Lipinski definition) is 1. The summed E-state index contributed by atoms with van der Waals surface area (Å²) in [6.07, 6.45) is 1.68. The number of rotatable bonds is 8. The Morgan fingerprint density at radius 2 is 1.65 bits per heavy atom. The molecule has 1 heterocycles. The molecule has 6 heteroatoms. The first-order valence-corrected chi connectivity index (χ1v) is 8.84. The van der Waals surface area contributed by atoms with E-state index in [-0.39, 0.29) is 18.4 Å². The number of nitrogens with one attached hydrogen (secondary N) is 1. The Kier molecular flexibility index (Phi) is 7.14. The maximum absolute atomic E-state index is 12.2. The van der Waals surface area contributed by atoms with E-state index in [1.165, 1.54) is 11.8 Å². The van der Waals surface area contributed by atoms with Gasteiger partial charge in [0.15, 0.2) is 0 Å². The second kappa shape index (κ2) is 9.56. The molecule has 0 fully saturated rings. The predicted molar refractivity (Wildman–Crippen MR) is 104 cm³/mol. The van der Waals surface area contributed by atoms with Crippen molar-refractivity contribution in [3.05, 3.63) is 54.4 Å². The Bertz CT molecular complexity index is 712. The summed E-state index contributed by atoms with van der Waals surface area (Å²) < 4.78 is 0. The lowest BCUT2D eigenvalue weighted by atomic mass is 10.2. The van der Waals surface area contributed by atoms with Crippen molar-refractivity contribution in [3.8, 4) is 0 Å². The number of carbonyl (C=O) groups excluding carboxylic acids is 2. The molecule has 2 rings (SSSR count). The molecular formula is C20H26N4O2. The first-order chi connectivity index (χ1) is 12.5. The zero-order valence-electron chi connectivity index (χ0n) is 15.6. The summed E-state index contributed by atoms with van der Waals surface area (Å²) in [7, 11) is 0. The average Bonchev–Trinajstić information content (AvgIpc) is 2.67. The van der Waals surface area contributed by atoms with E-state index in [2.05, 4.69) is 29.0 Å². The standard InChI is InChI=1S/C20H26N4O2/c1-4-23(5-2)18-9-11-19(12-10-18)24(16(3)25)15-20(26)22-14-17-8-6-7-13-21-17/h6-13H,4-5,14-15H2,1-3H3,(H,22,26). The molecule has 0 unspecified atom stereocenters. The number of amides is 2. The number of aromatic nitrogens is 1. The van der Waals surface area contributed by atoms with Gasteiger partial charge in [0.05, 0.1) is 12.2 Å². The molecule has 2 aromatic rings. The summed E-state index contributed by atoms with van der Waals surface area (Å²) in [4.78, 5) is 32.1. The average molecular weight is 354 g/mol. The number of anilines is 2. The normalized spacial score (nSPS) is 10.3. The SMILES string of the molecule is CCN(CC)c1ccc(N(CC(=O)NCc2ccccn2)C(C)=O)cc1. The highest BCUT2D eigenvalue weighted by atomic mass is 16.2. The summed E-state index contributed by atoms with van der Waals surface area (Å²) in [6.45, 7) is 7.82. The number of carbonyl (C=O) groups is 2. The summed E-state index contributed by atoms with van der Waals surface area (Å²) in [5.74, 6) is -0.396. The second-order valence-corrected chi connectivity index (χ2v) is 5.89. The molecule has 0 atom stereocenters. The Labute approximate surface area is 154 Å². The zero-order valence-corrected chi connectivity index (χ0v) is 15.6. The topological polar surface area (TPSA) is 65.5 Å². The molecule has 1 aromatic carbocycles. The third kappa shape index (κ3) is 5.31. The van der Waals surface area contributed by atoms with Crippen LogP contribution in [0.1, 0.15) is 26.5 Å². The fourth-order valence-corrected chi connectivity index (χ4v) is 2.71. The molecule has 0 radical (unpaired) electrons. The van der Waals surface area contributed by atoms with Crippen molar-refractivity contribution in [2.45, 2.75) is 27.3 Å². The van der Waals surface area contributed by atoms with Crippen LogP contribution in [-0.2, 0) is 16.1 Å². The van der Waals surface area contributed by atoms with Crippen molar-refractivity contribution >= 4 is 23.2 Å². The monoisotopic (exact) mass is 354 g/mol. The molecule has 0 spiro atoms. The number of nitrogens with zero attached hydrogens (tertiary/aromatic N) is 3. The van der Waals surface area contributed by atoms with Crippen molar-refractivity contribution in [2.24, 2.45) is 0 Å². The van der Waals surface area contributed by atoms with E-state index in [9.17, 15) is 9.59 Å². The van der Waals surface area contributed by atoms with E-state index in [1.54, 1.807) is 6.20 Å². The van der Waals surface area contributed by atoms with Crippen LogP contribution in [0.15, 0.2) is 48.7 Å². The fraction of sp³-hybridized carbons (Fsp3) is 0.350. The molecule has 0 aliphatic heterocycles. The zero-order chi connectivity index (χ0) is 18.9. The molecule has 0 saturated carbocycles. The molecular weight excluding hydrogens is 328 g/mol. The van der Waals surface area contributed by atoms with Crippen LogP contribution in [0.3, 0.4) is 0 Å².